The maximum atomic E-state index is 11.9. The van der Waals surface area contributed by atoms with Gasteiger partial charge in [0.05, 0.1) is 11.3 Å². The van der Waals surface area contributed by atoms with Gasteiger partial charge in [0.25, 0.3) is 4.74 Å². The molecule has 23 heavy (non-hydrogen) atoms. The first-order valence-electron chi connectivity index (χ1n) is 7.56. The van der Waals surface area contributed by atoms with Crippen LogP contribution in [-0.2, 0) is 4.74 Å². The first-order valence-corrected chi connectivity index (χ1v) is 9.91. The van der Waals surface area contributed by atoms with Crippen LogP contribution in [0, 0.1) is 6.92 Å². The molecule has 0 spiro atoms. The number of hydrogen-bond donors (Lipinski definition) is 0. The normalized spacial score (nSPS) is 11.1. The molecule has 0 radical (unpaired) electrons. The number of ether oxygens (including phenoxy) is 2. The van der Waals surface area contributed by atoms with Crippen molar-refractivity contribution in [2.75, 3.05) is 31.8 Å². The second-order valence-corrected chi connectivity index (χ2v) is 7.71. The molecule has 0 bridgehead atoms. The SMILES string of the molecule is COCCCSCCCOc1cccc2c(C)c(Cl)c(=O)sc12. The Labute approximate surface area is 149 Å². The van der Waals surface area contributed by atoms with Crippen LogP contribution in [0.2, 0.25) is 5.02 Å². The van der Waals surface area contributed by atoms with E-state index >= 15 is 0 Å². The van der Waals surface area contributed by atoms with Crippen molar-refractivity contribution in [3.05, 3.63) is 38.3 Å². The molecular weight excluding hydrogens is 352 g/mol. The number of hydrogen-bond acceptors (Lipinski definition) is 5. The summed E-state index contributed by atoms with van der Waals surface area (Å²) in [5, 5.41) is 1.30. The zero-order valence-electron chi connectivity index (χ0n) is 13.4. The molecule has 0 saturated heterocycles. The van der Waals surface area contributed by atoms with E-state index in [1.165, 1.54) is 0 Å². The molecule has 0 unspecified atom stereocenters. The molecule has 2 rings (SSSR count). The summed E-state index contributed by atoms with van der Waals surface area (Å²) >= 11 is 9.12. The van der Waals surface area contributed by atoms with Gasteiger partial charge in [-0.2, -0.15) is 11.8 Å². The van der Waals surface area contributed by atoms with Crippen LogP contribution >= 0.6 is 34.7 Å². The summed E-state index contributed by atoms with van der Waals surface area (Å²) in [6.07, 6.45) is 2.06. The quantitative estimate of drug-likeness (QED) is 0.594. The smallest absolute Gasteiger partial charge is 0.251 e. The Morgan fingerprint density at radius 3 is 2.70 bits per heavy atom. The Bertz CT molecular complexity index is 700. The molecule has 6 heteroatoms. The third-order valence-corrected chi connectivity index (χ3v) is 6.15. The molecule has 0 amide bonds. The summed E-state index contributed by atoms with van der Waals surface area (Å²) in [5.41, 5.74) is 0.824. The lowest BCUT2D eigenvalue weighted by molar-refractivity contribution is 0.200. The van der Waals surface area contributed by atoms with Gasteiger partial charge in [0, 0.05) is 19.1 Å². The van der Waals surface area contributed by atoms with Crippen LogP contribution in [0.25, 0.3) is 10.1 Å². The Balaban J connectivity index is 1.92. The van der Waals surface area contributed by atoms with Gasteiger partial charge in [0.2, 0.25) is 0 Å². The molecule has 0 aliphatic rings. The van der Waals surface area contributed by atoms with Crippen molar-refractivity contribution in [1.29, 1.82) is 0 Å². The average Bonchev–Trinajstić information content (AvgIpc) is 2.55. The standard InChI is InChI=1S/C17H21ClO3S2/c1-12-13-6-3-7-14(16(13)23-17(19)15(12)18)21-9-5-11-22-10-4-8-20-2/h3,6-7H,4-5,8-11H2,1-2H3. The second kappa shape index (κ2) is 9.52. The van der Waals surface area contributed by atoms with Crippen molar-refractivity contribution < 1.29 is 9.47 Å². The molecule has 0 aliphatic carbocycles. The molecule has 2 aromatic rings. The highest BCUT2D eigenvalue weighted by atomic mass is 35.5. The molecule has 0 atom stereocenters. The molecule has 1 aromatic carbocycles. The van der Waals surface area contributed by atoms with Gasteiger partial charge in [-0.25, -0.2) is 0 Å². The van der Waals surface area contributed by atoms with Gasteiger partial charge in [-0.1, -0.05) is 35.1 Å². The minimum Gasteiger partial charge on any atom is -0.492 e. The fourth-order valence-corrected chi connectivity index (χ4v) is 4.24. The summed E-state index contributed by atoms with van der Waals surface area (Å²) in [6.45, 7) is 3.35. The van der Waals surface area contributed by atoms with Crippen molar-refractivity contribution in [1.82, 2.24) is 0 Å². The molecule has 1 heterocycles. The van der Waals surface area contributed by atoms with E-state index in [0.717, 1.165) is 63.7 Å². The molecule has 1 aromatic heterocycles. The van der Waals surface area contributed by atoms with Crippen molar-refractivity contribution in [3.8, 4) is 5.75 Å². The highest BCUT2D eigenvalue weighted by molar-refractivity contribution is 7.99. The van der Waals surface area contributed by atoms with Gasteiger partial charge < -0.3 is 9.47 Å². The van der Waals surface area contributed by atoms with Crippen LogP contribution in [0.3, 0.4) is 0 Å². The zero-order chi connectivity index (χ0) is 16.7. The predicted molar refractivity (Wildman–Crippen MR) is 102 cm³/mol. The lowest BCUT2D eigenvalue weighted by Gasteiger charge is -2.10. The van der Waals surface area contributed by atoms with Crippen molar-refractivity contribution in [2.45, 2.75) is 19.8 Å². The van der Waals surface area contributed by atoms with E-state index in [1.807, 2.05) is 36.9 Å². The van der Waals surface area contributed by atoms with Crippen LogP contribution in [0.5, 0.6) is 5.75 Å². The number of benzene rings is 1. The number of aryl methyl sites for hydroxylation is 1. The molecular formula is C17H21ClO3S2. The van der Waals surface area contributed by atoms with E-state index in [1.54, 1.807) is 7.11 Å². The monoisotopic (exact) mass is 372 g/mol. The highest BCUT2D eigenvalue weighted by Crippen LogP contribution is 2.32. The summed E-state index contributed by atoms with van der Waals surface area (Å²) in [5.74, 6) is 2.95. The number of thioether (sulfide) groups is 1. The van der Waals surface area contributed by atoms with E-state index in [0.29, 0.717) is 11.6 Å². The number of halogens is 1. The van der Waals surface area contributed by atoms with Crippen LogP contribution in [0.4, 0.5) is 0 Å². The predicted octanol–water partition coefficient (Wildman–Crippen LogP) is 4.76. The number of fused-ring (bicyclic) bond motifs is 1. The number of methoxy groups -OCH3 is 1. The first-order chi connectivity index (χ1) is 11.1. The fourth-order valence-electron chi connectivity index (χ4n) is 2.19. The van der Waals surface area contributed by atoms with Gasteiger partial charge in [-0.15, -0.1) is 0 Å². The van der Waals surface area contributed by atoms with Crippen LogP contribution in [-0.4, -0.2) is 31.8 Å². The molecule has 126 valence electrons. The van der Waals surface area contributed by atoms with Gasteiger partial charge in [0.15, 0.2) is 0 Å². The van der Waals surface area contributed by atoms with Gasteiger partial charge in [0.1, 0.15) is 10.8 Å². The Morgan fingerprint density at radius 2 is 1.96 bits per heavy atom. The van der Waals surface area contributed by atoms with Crippen molar-refractivity contribution in [2.24, 2.45) is 0 Å². The Morgan fingerprint density at radius 1 is 1.22 bits per heavy atom. The highest BCUT2D eigenvalue weighted by Gasteiger charge is 2.11. The molecule has 0 N–H and O–H groups in total. The third-order valence-electron chi connectivity index (χ3n) is 3.41. The second-order valence-electron chi connectivity index (χ2n) is 5.12. The molecule has 0 saturated carbocycles. The Kier molecular flexibility index (Phi) is 7.70. The van der Waals surface area contributed by atoms with E-state index < -0.39 is 0 Å². The van der Waals surface area contributed by atoms with Crippen molar-refractivity contribution >= 4 is 44.8 Å². The van der Waals surface area contributed by atoms with Crippen LogP contribution in [0.1, 0.15) is 18.4 Å². The summed E-state index contributed by atoms with van der Waals surface area (Å²) in [6, 6.07) is 5.83. The topological polar surface area (TPSA) is 35.5 Å². The molecule has 0 fully saturated rings. The van der Waals surface area contributed by atoms with Gasteiger partial charge >= 0.3 is 0 Å². The van der Waals surface area contributed by atoms with E-state index in [2.05, 4.69) is 0 Å². The first kappa shape index (κ1) is 18.6. The van der Waals surface area contributed by atoms with E-state index in [-0.39, 0.29) is 4.74 Å². The minimum atomic E-state index is -0.110. The summed E-state index contributed by atoms with van der Waals surface area (Å²) < 4.78 is 11.7. The van der Waals surface area contributed by atoms with Crippen molar-refractivity contribution in [3.63, 3.8) is 0 Å². The van der Waals surface area contributed by atoms with Gasteiger partial charge in [-0.05, 0) is 42.9 Å². The number of rotatable bonds is 9. The maximum Gasteiger partial charge on any atom is 0.251 e. The lowest BCUT2D eigenvalue weighted by Crippen LogP contribution is -2.02. The zero-order valence-corrected chi connectivity index (χ0v) is 15.8. The van der Waals surface area contributed by atoms with Crippen LogP contribution in [0.15, 0.2) is 23.0 Å². The summed E-state index contributed by atoms with van der Waals surface area (Å²) in [4.78, 5) is 11.9. The molecule has 3 nitrogen and oxygen atoms in total. The van der Waals surface area contributed by atoms with E-state index in [9.17, 15) is 4.79 Å². The largest absolute Gasteiger partial charge is 0.492 e. The fraction of sp³-hybridized carbons (Fsp3) is 0.471. The van der Waals surface area contributed by atoms with Crippen LogP contribution < -0.4 is 9.48 Å². The lowest BCUT2D eigenvalue weighted by atomic mass is 10.1. The van der Waals surface area contributed by atoms with E-state index in [4.69, 9.17) is 21.1 Å². The van der Waals surface area contributed by atoms with Gasteiger partial charge in [-0.3, -0.25) is 4.79 Å². The maximum absolute atomic E-state index is 11.9. The third kappa shape index (κ3) is 5.11. The average molecular weight is 373 g/mol. The summed E-state index contributed by atoms with van der Waals surface area (Å²) in [7, 11) is 1.73. The minimum absolute atomic E-state index is 0.110. The molecule has 0 aliphatic heterocycles. The Hall–Kier alpha value is -0.750.